The SMILES string of the molecule is N#CC1(NC(=O)c2ccccc2[N+](=O)[O-])CCCC1. The number of nitro groups is 1. The second kappa shape index (κ2) is 5.06. The van der Waals surface area contributed by atoms with Gasteiger partial charge in [-0.2, -0.15) is 5.26 Å². The Bertz CT molecular complexity index is 556. The Hall–Kier alpha value is -2.42. The summed E-state index contributed by atoms with van der Waals surface area (Å²) < 4.78 is 0. The molecule has 6 nitrogen and oxygen atoms in total. The first-order valence-electron chi connectivity index (χ1n) is 6.05. The molecule has 2 rings (SSSR count). The van der Waals surface area contributed by atoms with E-state index in [-0.39, 0.29) is 11.3 Å². The van der Waals surface area contributed by atoms with Crippen LogP contribution >= 0.6 is 0 Å². The number of rotatable bonds is 3. The minimum Gasteiger partial charge on any atom is -0.333 e. The molecule has 0 bridgehead atoms. The van der Waals surface area contributed by atoms with Crippen molar-refractivity contribution in [3.63, 3.8) is 0 Å². The average Bonchev–Trinajstić information content (AvgIpc) is 2.87. The summed E-state index contributed by atoms with van der Waals surface area (Å²) in [5.41, 5.74) is -1.12. The number of nitro benzene ring substituents is 1. The fraction of sp³-hybridized carbons (Fsp3) is 0.385. The number of nitriles is 1. The molecule has 0 radical (unpaired) electrons. The van der Waals surface area contributed by atoms with Crippen molar-refractivity contribution in [1.29, 1.82) is 5.26 Å². The van der Waals surface area contributed by atoms with Crippen LogP contribution in [0.25, 0.3) is 0 Å². The predicted molar refractivity (Wildman–Crippen MR) is 67.4 cm³/mol. The van der Waals surface area contributed by atoms with Crippen LogP contribution in [0.4, 0.5) is 5.69 Å². The van der Waals surface area contributed by atoms with E-state index in [1.165, 1.54) is 18.2 Å². The highest BCUT2D eigenvalue weighted by molar-refractivity contribution is 5.98. The van der Waals surface area contributed by atoms with Gasteiger partial charge in [0.15, 0.2) is 0 Å². The van der Waals surface area contributed by atoms with Gasteiger partial charge < -0.3 is 5.32 Å². The second-order valence-electron chi connectivity index (χ2n) is 4.63. The molecule has 1 aliphatic rings. The molecule has 0 unspecified atom stereocenters. The Labute approximate surface area is 110 Å². The zero-order valence-electron chi connectivity index (χ0n) is 10.3. The molecule has 0 saturated heterocycles. The van der Waals surface area contributed by atoms with Gasteiger partial charge in [-0.15, -0.1) is 0 Å². The molecule has 0 spiro atoms. The maximum Gasteiger partial charge on any atom is 0.282 e. The number of hydrogen-bond acceptors (Lipinski definition) is 4. The van der Waals surface area contributed by atoms with Crippen molar-refractivity contribution in [3.8, 4) is 6.07 Å². The summed E-state index contributed by atoms with van der Waals surface area (Å²) in [7, 11) is 0. The first-order chi connectivity index (χ1) is 9.08. The first kappa shape index (κ1) is 13.0. The van der Waals surface area contributed by atoms with E-state index >= 15 is 0 Å². The van der Waals surface area contributed by atoms with Crippen LogP contribution in [-0.4, -0.2) is 16.4 Å². The lowest BCUT2D eigenvalue weighted by Gasteiger charge is -2.21. The van der Waals surface area contributed by atoms with E-state index in [9.17, 15) is 20.2 Å². The Morgan fingerprint density at radius 1 is 1.37 bits per heavy atom. The molecule has 0 aliphatic heterocycles. The van der Waals surface area contributed by atoms with Gasteiger partial charge in [-0.3, -0.25) is 14.9 Å². The summed E-state index contributed by atoms with van der Waals surface area (Å²) >= 11 is 0. The van der Waals surface area contributed by atoms with Gasteiger partial charge >= 0.3 is 0 Å². The van der Waals surface area contributed by atoms with Gasteiger partial charge in [-0.05, 0) is 31.7 Å². The van der Waals surface area contributed by atoms with Gasteiger partial charge in [-0.1, -0.05) is 12.1 Å². The van der Waals surface area contributed by atoms with Crippen LogP contribution in [-0.2, 0) is 0 Å². The number of para-hydroxylation sites is 1. The lowest BCUT2D eigenvalue weighted by atomic mass is 9.99. The average molecular weight is 259 g/mol. The number of nitrogens with zero attached hydrogens (tertiary/aromatic N) is 2. The number of amides is 1. The van der Waals surface area contributed by atoms with Crippen LogP contribution in [0.15, 0.2) is 24.3 Å². The molecule has 98 valence electrons. The van der Waals surface area contributed by atoms with Crippen molar-refractivity contribution in [2.24, 2.45) is 0 Å². The van der Waals surface area contributed by atoms with E-state index in [4.69, 9.17) is 0 Å². The third-order valence-corrected chi connectivity index (χ3v) is 3.37. The fourth-order valence-corrected chi connectivity index (χ4v) is 2.35. The minimum absolute atomic E-state index is 0.00553. The topological polar surface area (TPSA) is 96.0 Å². The van der Waals surface area contributed by atoms with E-state index < -0.39 is 16.4 Å². The molecule has 0 atom stereocenters. The monoisotopic (exact) mass is 259 g/mol. The summed E-state index contributed by atoms with van der Waals surface area (Å²) in [6.07, 6.45) is 2.95. The Morgan fingerprint density at radius 2 is 2.00 bits per heavy atom. The lowest BCUT2D eigenvalue weighted by molar-refractivity contribution is -0.385. The van der Waals surface area contributed by atoms with Crippen LogP contribution in [0, 0.1) is 21.4 Å². The van der Waals surface area contributed by atoms with Gasteiger partial charge in [0, 0.05) is 6.07 Å². The molecule has 1 amide bonds. The number of carbonyl (C=O) groups excluding carboxylic acids is 1. The molecular weight excluding hydrogens is 246 g/mol. The molecule has 0 heterocycles. The lowest BCUT2D eigenvalue weighted by Crippen LogP contribution is -2.45. The van der Waals surface area contributed by atoms with Crippen molar-refractivity contribution in [2.45, 2.75) is 31.2 Å². The summed E-state index contributed by atoms with van der Waals surface area (Å²) in [5, 5.41) is 22.7. The first-order valence-corrected chi connectivity index (χ1v) is 6.05. The Morgan fingerprint density at radius 3 is 2.58 bits per heavy atom. The van der Waals surface area contributed by atoms with Gasteiger partial charge in [-0.25, -0.2) is 0 Å². The van der Waals surface area contributed by atoms with Crippen LogP contribution in [0.5, 0.6) is 0 Å². The maximum atomic E-state index is 12.1. The molecule has 6 heteroatoms. The zero-order valence-corrected chi connectivity index (χ0v) is 10.3. The number of nitrogens with one attached hydrogen (secondary N) is 1. The summed E-state index contributed by atoms with van der Waals surface area (Å²) in [5.74, 6) is -0.559. The largest absolute Gasteiger partial charge is 0.333 e. The van der Waals surface area contributed by atoms with Crippen molar-refractivity contribution in [3.05, 3.63) is 39.9 Å². The van der Waals surface area contributed by atoms with E-state index in [0.29, 0.717) is 12.8 Å². The summed E-state index contributed by atoms with van der Waals surface area (Å²) in [4.78, 5) is 22.4. The summed E-state index contributed by atoms with van der Waals surface area (Å²) in [6.45, 7) is 0. The summed E-state index contributed by atoms with van der Waals surface area (Å²) in [6, 6.07) is 7.87. The molecule has 1 N–H and O–H groups in total. The second-order valence-corrected chi connectivity index (χ2v) is 4.63. The third-order valence-electron chi connectivity index (χ3n) is 3.37. The van der Waals surface area contributed by atoms with Crippen LogP contribution in [0.2, 0.25) is 0 Å². The van der Waals surface area contributed by atoms with Gasteiger partial charge in [0.1, 0.15) is 11.1 Å². The molecule has 0 aromatic heterocycles. The number of carbonyl (C=O) groups is 1. The standard InChI is InChI=1S/C13H13N3O3/c14-9-13(7-3-4-8-13)15-12(17)10-5-1-2-6-11(10)16(18)19/h1-2,5-6H,3-4,7-8H2,(H,15,17). The van der Waals surface area contributed by atoms with Crippen LogP contribution < -0.4 is 5.32 Å². The highest BCUT2D eigenvalue weighted by atomic mass is 16.6. The van der Waals surface area contributed by atoms with E-state index in [0.717, 1.165) is 12.8 Å². The maximum absolute atomic E-state index is 12.1. The highest BCUT2D eigenvalue weighted by Crippen LogP contribution is 2.29. The predicted octanol–water partition coefficient (Wildman–Crippen LogP) is 2.16. The van der Waals surface area contributed by atoms with Crippen molar-refractivity contribution < 1.29 is 9.72 Å². The quantitative estimate of drug-likeness (QED) is 0.664. The third kappa shape index (κ3) is 2.55. The zero-order chi connectivity index (χ0) is 13.9. The number of hydrogen-bond donors (Lipinski definition) is 1. The van der Waals surface area contributed by atoms with Crippen LogP contribution in [0.3, 0.4) is 0 Å². The number of benzene rings is 1. The highest BCUT2D eigenvalue weighted by Gasteiger charge is 2.36. The molecule has 1 aromatic rings. The Kier molecular flexibility index (Phi) is 3.47. The van der Waals surface area contributed by atoms with Gasteiger partial charge in [0.25, 0.3) is 11.6 Å². The van der Waals surface area contributed by atoms with Crippen LogP contribution in [0.1, 0.15) is 36.0 Å². The molecule has 1 aromatic carbocycles. The fourth-order valence-electron chi connectivity index (χ4n) is 2.35. The Balaban J connectivity index is 2.26. The molecule has 1 saturated carbocycles. The molecular formula is C13H13N3O3. The van der Waals surface area contributed by atoms with E-state index in [2.05, 4.69) is 11.4 Å². The van der Waals surface area contributed by atoms with Crippen molar-refractivity contribution in [2.75, 3.05) is 0 Å². The van der Waals surface area contributed by atoms with Crippen molar-refractivity contribution in [1.82, 2.24) is 5.32 Å². The van der Waals surface area contributed by atoms with Crippen molar-refractivity contribution >= 4 is 11.6 Å². The van der Waals surface area contributed by atoms with E-state index in [1.54, 1.807) is 6.07 Å². The van der Waals surface area contributed by atoms with E-state index in [1.807, 2.05) is 0 Å². The van der Waals surface area contributed by atoms with Gasteiger partial charge in [0.05, 0.1) is 11.0 Å². The molecule has 1 fully saturated rings. The van der Waals surface area contributed by atoms with Gasteiger partial charge in [0.2, 0.25) is 0 Å². The molecule has 19 heavy (non-hydrogen) atoms. The molecule has 1 aliphatic carbocycles. The normalized spacial score (nSPS) is 16.6. The minimum atomic E-state index is -0.874. The smallest absolute Gasteiger partial charge is 0.282 e.